The zero-order valence-corrected chi connectivity index (χ0v) is 9.48. The summed E-state index contributed by atoms with van der Waals surface area (Å²) in [5, 5.41) is 21.4. The van der Waals surface area contributed by atoms with E-state index in [1.54, 1.807) is 6.07 Å². The molecule has 2 rings (SSSR count). The fourth-order valence-corrected chi connectivity index (χ4v) is 1.60. The number of benzene rings is 1. The number of carbonyl (C=O) groups is 1. The zero-order chi connectivity index (χ0) is 13.3. The van der Waals surface area contributed by atoms with Crippen LogP contribution in [-0.2, 0) is 9.63 Å². The first kappa shape index (κ1) is 12.0. The Balaban J connectivity index is 2.31. The predicted molar refractivity (Wildman–Crippen MR) is 59.4 cm³/mol. The Morgan fingerprint density at radius 3 is 2.94 bits per heavy atom. The Morgan fingerprint density at radius 1 is 1.67 bits per heavy atom. The lowest BCUT2D eigenvalue weighted by Crippen LogP contribution is -2.35. The van der Waals surface area contributed by atoms with Crippen LogP contribution in [0.4, 0.5) is 4.39 Å². The number of carboxylic acid groups (broad SMARTS) is 1. The molecule has 92 valence electrons. The van der Waals surface area contributed by atoms with Crippen LogP contribution in [0.5, 0.6) is 0 Å². The van der Waals surface area contributed by atoms with Gasteiger partial charge in [-0.15, -0.1) is 0 Å². The molecule has 1 heterocycles. The molecule has 18 heavy (non-hydrogen) atoms. The molecule has 0 amide bonds. The molecule has 0 radical (unpaired) electrons. The van der Waals surface area contributed by atoms with Gasteiger partial charge in [0, 0.05) is 12.0 Å². The summed E-state index contributed by atoms with van der Waals surface area (Å²) in [7, 11) is 0. The van der Waals surface area contributed by atoms with Crippen LogP contribution >= 0.6 is 0 Å². The first-order chi connectivity index (χ1) is 8.46. The Morgan fingerprint density at radius 2 is 2.39 bits per heavy atom. The van der Waals surface area contributed by atoms with E-state index in [9.17, 15) is 9.18 Å². The molecule has 6 heteroatoms. The van der Waals surface area contributed by atoms with Crippen molar-refractivity contribution in [1.82, 2.24) is 0 Å². The van der Waals surface area contributed by atoms with Gasteiger partial charge in [-0.2, -0.15) is 5.26 Å². The van der Waals surface area contributed by atoms with Crippen LogP contribution in [0.1, 0.15) is 24.5 Å². The van der Waals surface area contributed by atoms with E-state index in [-0.39, 0.29) is 12.0 Å². The maximum absolute atomic E-state index is 13.1. The number of hydrogen-bond donors (Lipinski definition) is 1. The quantitative estimate of drug-likeness (QED) is 0.862. The van der Waals surface area contributed by atoms with Gasteiger partial charge in [0.05, 0.1) is 11.3 Å². The van der Waals surface area contributed by atoms with Gasteiger partial charge in [0.1, 0.15) is 11.9 Å². The van der Waals surface area contributed by atoms with Crippen LogP contribution in [0, 0.1) is 17.1 Å². The summed E-state index contributed by atoms with van der Waals surface area (Å²) in [6.45, 7) is 1.40. The average Bonchev–Trinajstić information content (AvgIpc) is 2.74. The molecule has 1 aromatic rings. The number of halogens is 1. The lowest BCUT2D eigenvalue weighted by atomic mass is 9.95. The highest BCUT2D eigenvalue weighted by molar-refractivity contribution is 6.04. The third kappa shape index (κ3) is 1.91. The molecule has 0 aromatic heterocycles. The normalized spacial score (nSPS) is 21.9. The smallest absolute Gasteiger partial charge is 0.351 e. The lowest BCUT2D eigenvalue weighted by Gasteiger charge is -2.14. The van der Waals surface area contributed by atoms with Crippen molar-refractivity contribution in [2.24, 2.45) is 5.16 Å². The largest absolute Gasteiger partial charge is 0.478 e. The third-order valence-corrected chi connectivity index (χ3v) is 2.73. The predicted octanol–water partition coefficient (Wildman–Crippen LogP) is 1.67. The average molecular weight is 248 g/mol. The third-order valence-electron chi connectivity index (χ3n) is 2.73. The van der Waals surface area contributed by atoms with Crippen molar-refractivity contribution in [2.75, 3.05) is 0 Å². The molecule has 1 aliphatic heterocycles. The molecule has 0 spiro atoms. The number of hydrogen-bond acceptors (Lipinski definition) is 4. The maximum atomic E-state index is 13.1. The van der Waals surface area contributed by atoms with Crippen LogP contribution in [-0.4, -0.2) is 22.4 Å². The van der Waals surface area contributed by atoms with Crippen molar-refractivity contribution >= 4 is 11.7 Å². The molecule has 1 unspecified atom stereocenters. The van der Waals surface area contributed by atoms with E-state index in [1.165, 1.54) is 19.1 Å². The summed E-state index contributed by atoms with van der Waals surface area (Å²) in [4.78, 5) is 15.9. The highest BCUT2D eigenvalue weighted by Crippen LogP contribution is 2.27. The maximum Gasteiger partial charge on any atom is 0.351 e. The van der Waals surface area contributed by atoms with Gasteiger partial charge < -0.3 is 9.94 Å². The van der Waals surface area contributed by atoms with E-state index < -0.39 is 17.4 Å². The molecular formula is C12H9FN2O3. The fraction of sp³-hybridized carbons (Fsp3) is 0.250. The topological polar surface area (TPSA) is 82.7 Å². The Kier molecular flexibility index (Phi) is 2.75. The van der Waals surface area contributed by atoms with Crippen LogP contribution in [0.3, 0.4) is 0 Å². The molecule has 0 aliphatic carbocycles. The molecule has 0 saturated carbocycles. The number of rotatable bonds is 2. The summed E-state index contributed by atoms with van der Waals surface area (Å²) >= 11 is 0. The second kappa shape index (κ2) is 4.11. The van der Waals surface area contributed by atoms with Crippen molar-refractivity contribution in [3.8, 4) is 6.07 Å². The van der Waals surface area contributed by atoms with Gasteiger partial charge in [-0.05, 0) is 19.1 Å². The zero-order valence-electron chi connectivity index (χ0n) is 9.48. The van der Waals surface area contributed by atoms with E-state index in [1.807, 2.05) is 0 Å². The summed E-state index contributed by atoms with van der Waals surface area (Å²) in [5.41, 5.74) is -0.648. The van der Waals surface area contributed by atoms with Gasteiger partial charge >= 0.3 is 5.97 Å². The van der Waals surface area contributed by atoms with Gasteiger partial charge in [0.15, 0.2) is 0 Å². The summed E-state index contributed by atoms with van der Waals surface area (Å²) in [6, 6.07) is 5.62. The summed E-state index contributed by atoms with van der Waals surface area (Å²) in [5.74, 6) is -1.74. The van der Waals surface area contributed by atoms with Gasteiger partial charge in [-0.3, -0.25) is 0 Å². The van der Waals surface area contributed by atoms with E-state index in [4.69, 9.17) is 15.2 Å². The number of aliphatic carboxylic acids is 1. The van der Waals surface area contributed by atoms with Crippen LogP contribution in [0.15, 0.2) is 23.4 Å². The minimum atomic E-state index is -1.41. The summed E-state index contributed by atoms with van der Waals surface area (Å²) < 4.78 is 13.1. The van der Waals surface area contributed by atoms with Crippen LogP contribution in [0.2, 0.25) is 0 Å². The molecule has 5 nitrogen and oxygen atoms in total. The molecule has 0 bridgehead atoms. The standard InChI is InChI=1S/C12H9FN2O3/c1-12(11(16)17)5-10(15-18-12)7-2-3-9(13)8(4-7)6-14/h2-4H,5H2,1H3,(H,16,17). The van der Waals surface area contributed by atoms with Crippen molar-refractivity contribution in [1.29, 1.82) is 5.26 Å². The Labute approximate surface area is 102 Å². The number of nitriles is 1. The SMILES string of the molecule is CC1(C(=O)O)CC(c2ccc(F)c(C#N)c2)=NO1. The highest BCUT2D eigenvalue weighted by atomic mass is 19.1. The monoisotopic (exact) mass is 248 g/mol. The first-order valence-corrected chi connectivity index (χ1v) is 5.15. The van der Waals surface area contributed by atoms with Gasteiger partial charge in [0.25, 0.3) is 0 Å². The van der Waals surface area contributed by atoms with Crippen molar-refractivity contribution in [3.63, 3.8) is 0 Å². The molecule has 0 fully saturated rings. The molecule has 1 N–H and O–H groups in total. The Hall–Kier alpha value is -2.42. The minimum absolute atomic E-state index is 0.0683. The van der Waals surface area contributed by atoms with E-state index in [0.29, 0.717) is 11.3 Å². The lowest BCUT2D eigenvalue weighted by molar-refractivity contribution is -0.160. The van der Waals surface area contributed by atoms with E-state index in [0.717, 1.165) is 6.07 Å². The molecule has 0 saturated heterocycles. The van der Waals surface area contributed by atoms with E-state index in [2.05, 4.69) is 5.16 Å². The Bertz CT molecular complexity index is 591. The second-order valence-electron chi connectivity index (χ2n) is 4.15. The van der Waals surface area contributed by atoms with Gasteiger partial charge in [-0.25, -0.2) is 9.18 Å². The molecule has 1 atom stereocenters. The van der Waals surface area contributed by atoms with Crippen molar-refractivity contribution in [3.05, 3.63) is 35.1 Å². The second-order valence-corrected chi connectivity index (χ2v) is 4.15. The molecular weight excluding hydrogens is 239 g/mol. The van der Waals surface area contributed by atoms with Gasteiger partial charge in [-0.1, -0.05) is 11.2 Å². The number of oxime groups is 1. The van der Waals surface area contributed by atoms with Crippen LogP contribution in [0.25, 0.3) is 0 Å². The van der Waals surface area contributed by atoms with Crippen molar-refractivity contribution in [2.45, 2.75) is 18.9 Å². The first-order valence-electron chi connectivity index (χ1n) is 5.15. The highest BCUT2D eigenvalue weighted by Gasteiger charge is 2.42. The molecule has 1 aromatic carbocycles. The fourth-order valence-electron chi connectivity index (χ4n) is 1.60. The van der Waals surface area contributed by atoms with Crippen LogP contribution < -0.4 is 0 Å². The number of nitrogens with zero attached hydrogens (tertiary/aromatic N) is 2. The number of carboxylic acids is 1. The van der Waals surface area contributed by atoms with Gasteiger partial charge in [0.2, 0.25) is 5.60 Å². The minimum Gasteiger partial charge on any atom is -0.478 e. The van der Waals surface area contributed by atoms with Crippen molar-refractivity contribution < 1.29 is 19.1 Å². The molecule has 1 aliphatic rings. The summed E-state index contributed by atoms with van der Waals surface area (Å²) in [6.07, 6.45) is 0.0683. The van der Waals surface area contributed by atoms with E-state index >= 15 is 0 Å².